The largest absolute Gasteiger partial charge is 0.492 e. The molecular formula is C9H12BrNO4S. The maximum atomic E-state index is 11.7. The first kappa shape index (κ1) is 13.4. The maximum Gasteiger partial charge on any atom is 0.266 e. The first-order valence-corrected chi connectivity index (χ1v) is 6.76. The summed E-state index contributed by atoms with van der Waals surface area (Å²) in [6.45, 7) is 2.17. The van der Waals surface area contributed by atoms with Crippen LogP contribution >= 0.6 is 15.9 Å². The van der Waals surface area contributed by atoms with Crippen LogP contribution in [0.15, 0.2) is 27.6 Å². The number of halogens is 1. The molecule has 0 aliphatic rings. The van der Waals surface area contributed by atoms with E-state index in [1.165, 1.54) is 13.2 Å². The van der Waals surface area contributed by atoms with Crippen LogP contribution in [-0.4, -0.2) is 22.1 Å². The summed E-state index contributed by atoms with van der Waals surface area (Å²) in [6, 6.07) is 4.74. The standard InChI is InChI=1S/C9H12BrNO4S/c1-3-15-8-5-4-7(10)6-9(8)16(12,13)11-14-2/h4-6,11H,3H2,1-2H3. The molecule has 7 heteroatoms. The molecule has 1 rings (SSSR count). The van der Waals surface area contributed by atoms with Crippen molar-refractivity contribution in [1.82, 2.24) is 4.89 Å². The third kappa shape index (κ3) is 3.18. The summed E-state index contributed by atoms with van der Waals surface area (Å²) in [5, 5.41) is 0. The lowest BCUT2D eigenvalue weighted by Gasteiger charge is -2.10. The number of benzene rings is 1. The predicted molar refractivity (Wildman–Crippen MR) is 62.6 cm³/mol. The van der Waals surface area contributed by atoms with Crippen LogP contribution in [-0.2, 0) is 14.9 Å². The molecule has 0 saturated heterocycles. The quantitative estimate of drug-likeness (QED) is 0.841. The molecule has 0 radical (unpaired) electrons. The van der Waals surface area contributed by atoms with Gasteiger partial charge in [-0.3, -0.25) is 4.84 Å². The maximum absolute atomic E-state index is 11.7. The lowest BCUT2D eigenvalue weighted by atomic mass is 10.3. The Morgan fingerprint density at radius 3 is 2.69 bits per heavy atom. The topological polar surface area (TPSA) is 64.6 Å². The van der Waals surface area contributed by atoms with Crippen LogP contribution in [0.1, 0.15) is 6.92 Å². The Morgan fingerprint density at radius 2 is 2.12 bits per heavy atom. The van der Waals surface area contributed by atoms with E-state index in [0.717, 1.165) is 0 Å². The van der Waals surface area contributed by atoms with Crippen molar-refractivity contribution in [2.75, 3.05) is 13.7 Å². The summed E-state index contributed by atoms with van der Waals surface area (Å²) in [4.78, 5) is 6.39. The third-order valence-corrected chi connectivity index (χ3v) is 3.47. The molecule has 0 bridgehead atoms. The second kappa shape index (κ2) is 5.62. The Morgan fingerprint density at radius 1 is 1.44 bits per heavy atom. The SMILES string of the molecule is CCOc1ccc(Br)cc1S(=O)(=O)NOC. The average Bonchev–Trinajstić information content (AvgIpc) is 2.21. The van der Waals surface area contributed by atoms with Crippen molar-refractivity contribution >= 4 is 26.0 Å². The highest BCUT2D eigenvalue weighted by Gasteiger charge is 2.19. The summed E-state index contributed by atoms with van der Waals surface area (Å²) in [5.74, 6) is 0.287. The molecule has 5 nitrogen and oxygen atoms in total. The fourth-order valence-corrected chi connectivity index (χ4v) is 2.62. The van der Waals surface area contributed by atoms with Crippen LogP contribution in [0.5, 0.6) is 5.75 Å². The van der Waals surface area contributed by atoms with Gasteiger partial charge in [0.05, 0.1) is 13.7 Å². The van der Waals surface area contributed by atoms with E-state index >= 15 is 0 Å². The van der Waals surface area contributed by atoms with Gasteiger partial charge in [-0.05, 0) is 25.1 Å². The van der Waals surface area contributed by atoms with Crippen LogP contribution < -0.4 is 9.62 Å². The van der Waals surface area contributed by atoms with Gasteiger partial charge in [0, 0.05) is 4.47 Å². The van der Waals surface area contributed by atoms with E-state index in [0.29, 0.717) is 11.1 Å². The van der Waals surface area contributed by atoms with Gasteiger partial charge in [0.1, 0.15) is 10.6 Å². The van der Waals surface area contributed by atoms with Crippen molar-refractivity contribution in [3.05, 3.63) is 22.7 Å². The molecule has 0 unspecified atom stereocenters. The van der Waals surface area contributed by atoms with Crippen LogP contribution in [0.4, 0.5) is 0 Å². The van der Waals surface area contributed by atoms with Gasteiger partial charge in [-0.25, -0.2) is 8.42 Å². The fourth-order valence-electron chi connectivity index (χ4n) is 1.12. The van der Waals surface area contributed by atoms with Gasteiger partial charge in [0.15, 0.2) is 0 Å². The van der Waals surface area contributed by atoms with Crippen LogP contribution in [0.2, 0.25) is 0 Å². The van der Waals surface area contributed by atoms with Gasteiger partial charge >= 0.3 is 0 Å². The van der Waals surface area contributed by atoms with Crippen LogP contribution in [0.25, 0.3) is 0 Å². The van der Waals surface area contributed by atoms with E-state index in [4.69, 9.17) is 4.74 Å². The van der Waals surface area contributed by atoms with Crippen LogP contribution in [0.3, 0.4) is 0 Å². The predicted octanol–water partition coefficient (Wildman–Crippen LogP) is 1.69. The van der Waals surface area contributed by atoms with Crippen molar-refractivity contribution < 1.29 is 18.0 Å². The molecule has 0 aromatic heterocycles. The molecule has 0 amide bonds. The molecular weight excluding hydrogens is 298 g/mol. The van der Waals surface area contributed by atoms with Crippen molar-refractivity contribution in [3.8, 4) is 5.75 Å². The minimum absolute atomic E-state index is 0.0329. The molecule has 0 fully saturated rings. The van der Waals surface area contributed by atoms with Gasteiger partial charge in [-0.2, -0.15) is 0 Å². The minimum Gasteiger partial charge on any atom is -0.492 e. The second-order valence-corrected chi connectivity index (χ2v) is 5.34. The van der Waals surface area contributed by atoms with E-state index in [1.807, 2.05) is 4.89 Å². The molecule has 0 atom stereocenters. The zero-order chi connectivity index (χ0) is 12.2. The van der Waals surface area contributed by atoms with Crippen molar-refractivity contribution in [3.63, 3.8) is 0 Å². The lowest BCUT2D eigenvalue weighted by Crippen LogP contribution is -2.23. The summed E-state index contributed by atoms with van der Waals surface area (Å²) < 4.78 is 29.4. The summed E-state index contributed by atoms with van der Waals surface area (Å²) in [5.41, 5.74) is 0. The first-order valence-electron chi connectivity index (χ1n) is 4.48. The van der Waals surface area contributed by atoms with Gasteiger partial charge in [-0.1, -0.05) is 20.8 Å². The number of ether oxygens (including phenoxy) is 1. The summed E-state index contributed by atoms with van der Waals surface area (Å²) in [7, 11) is -2.48. The number of nitrogens with one attached hydrogen (secondary N) is 1. The van der Waals surface area contributed by atoms with Crippen molar-refractivity contribution in [1.29, 1.82) is 0 Å². The first-order chi connectivity index (χ1) is 7.51. The number of hydrogen-bond donors (Lipinski definition) is 1. The Balaban J connectivity index is 3.24. The number of rotatable bonds is 5. The molecule has 0 aliphatic heterocycles. The molecule has 0 spiro atoms. The molecule has 0 saturated carbocycles. The van der Waals surface area contributed by atoms with Gasteiger partial charge in [0.25, 0.3) is 10.0 Å². The monoisotopic (exact) mass is 309 g/mol. The zero-order valence-corrected chi connectivity index (χ0v) is 11.3. The summed E-state index contributed by atoms with van der Waals surface area (Å²) in [6.07, 6.45) is 0. The summed E-state index contributed by atoms with van der Waals surface area (Å²) >= 11 is 3.20. The molecule has 16 heavy (non-hydrogen) atoms. The lowest BCUT2D eigenvalue weighted by molar-refractivity contribution is 0.153. The smallest absolute Gasteiger partial charge is 0.266 e. The second-order valence-electron chi connectivity index (χ2n) is 2.81. The van der Waals surface area contributed by atoms with E-state index in [1.54, 1.807) is 19.1 Å². The Kier molecular flexibility index (Phi) is 4.72. The highest BCUT2D eigenvalue weighted by Crippen LogP contribution is 2.27. The molecule has 1 N–H and O–H groups in total. The highest BCUT2D eigenvalue weighted by atomic mass is 79.9. The Hall–Kier alpha value is -0.630. The van der Waals surface area contributed by atoms with Crippen molar-refractivity contribution in [2.45, 2.75) is 11.8 Å². The molecule has 1 aromatic carbocycles. The number of hydrogen-bond acceptors (Lipinski definition) is 4. The molecule has 0 heterocycles. The molecule has 1 aromatic rings. The van der Waals surface area contributed by atoms with E-state index in [9.17, 15) is 8.42 Å². The van der Waals surface area contributed by atoms with E-state index < -0.39 is 10.0 Å². The normalized spacial score (nSPS) is 11.4. The fraction of sp³-hybridized carbons (Fsp3) is 0.333. The van der Waals surface area contributed by atoms with Gasteiger partial charge in [0.2, 0.25) is 0 Å². The van der Waals surface area contributed by atoms with E-state index in [2.05, 4.69) is 20.8 Å². The van der Waals surface area contributed by atoms with E-state index in [-0.39, 0.29) is 10.6 Å². The number of sulfonamides is 1. The van der Waals surface area contributed by atoms with Crippen molar-refractivity contribution in [2.24, 2.45) is 0 Å². The Labute approximate surface area is 103 Å². The van der Waals surface area contributed by atoms with Gasteiger partial charge < -0.3 is 4.74 Å². The van der Waals surface area contributed by atoms with Gasteiger partial charge in [-0.15, -0.1) is 0 Å². The third-order valence-electron chi connectivity index (χ3n) is 1.69. The molecule has 0 aliphatic carbocycles. The highest BCUT2D eigenvalue weighted by molar-refractivity contribution is 9.10. The Bertz CT molecular complexity index is 461. The average molecular weight is 310 g/mol. The minimum atomic E-state index is -3.71. The molecule has 90 valence electrons. The zero-order valence-electron chi connectivity index (χ0n) is 8.86. The van der Waals surface area contributed by atoms with Crippen LogP contribution in [0, 0.1) is 0 Å².